The number of ether oxygens (including phenoxy) is 1. The van der Waals surface area contributed by atoms with E-state index in [1.807, 2.05) is 13.0 Å². The van der Waals surface area contributed by atoms with Crippen molar-refractivity contribution < 1.29 is 9.13 Å². The quantitative estimate of drug-likeness (QED) is 0.573. The van der Waals surface area contributed by atoms with Gasteiger partial charge in [0.1, 0.15) is 5.52 Å². The molecule has 0 aliphatic rings. The number of fused-ring (bicyclic) bond motifs is 1. The zero-order valence-corrected chi connectivity index (χ0v) is 17.6. The number of benzene rings is 1. The minimum absolute atomic E-state index is 0.0792. The van der Waals surface area contributed by atoms with Crippen LogP contribution in [0.15, 0.2) is 23.0 Å². The Balaban J connectivity index is 2.28. The first-order chi connectivity index (χ1) is 13.3. The molecule has 0 fully saturated rings. The SMILES string of the molecule is CCOc1cc(Cl)c(-c2nn3c(C)cc(C(CC)CC)c3c(=O)n2C)cc1F. The van der Waals surface area contributed by atoms with Crippen molar-refractivity contribution in [3.63, 3.8) is 0 Å². The van der Waals surface area contributed by atoms with Gasteiger partial charge in [-0.3, -0.25) is 9.36 Å². The van der Waals surface area contributed by atoms with E-state index in [1.165, 1.54) is 16.7 Å². The molecule has 0 aliphatic carbocycles. The highest BCUT2D eigenvalue weighted by Gasteiger charge is 2.22. The van der Waals surface area contributed by atoms with Crippen LogP contribution in [-0.2, 0) is 7.05 Å². The monoisotopic (exact) mass is 405 g/mol. The highest BCUT2D eigenvalue weighted by atomic mass is 35.5. The van der Waals surface area contributed by atoms with Crippen LogP contribution < -0.4 is 10.3 Å². The Labute approximate surface area is 168 Å². The molecule has 3 aromatic rings. The van der Waals surface area contributed by atoms with Crippen LogP contribution >= 0.6 is 11.6 Å². The number of rotatable bonds is 6. The van der Waals surface area contributed by atoms with Crippen molar-refractivity contribution in [2.24, 2.45) is 7.05 Å². The number of nitrogens with zero attached hydrogens (tertiary/aromatic N) is 3. The maximum Gasteiger partial charge on any atom is 0.278 e. The lowest BCUT2D eigenvalue weighted by Gasteiger charge is -2.14. The predicted molar refractivity (Wildman–Crippen MR) is 110 cm³/mol. The summed E-state index contributed by atoms with van der Waals surface area (Å²) in [7, 11) is 1.63. The molecule has 2 heterocycles. The van der Waals surface area contributed by atoms with Crippen LogP contribution in [0.25, 0.3) is 16.9 Å². The average Bonchev–Trinajstić information content (AvgIpc) is 2.99. The maximum atomic E-state index is 14.4. The van der Waals surface area contributed by atoms with Crippen LogP contribution in [-0.4, -0.2) is 20.8 Å². The van der Waals surface area contributed by atoms with E-state index in [1.54, 1.807) is 18.5 Å². The molecule has 7 heteroatoms. The van der Waals surface area contributed by atoms with Crippen molar-refractivity contribution in [3.8, 4) is 17.1 Å². The van der Waals surface area contributed by atoms with E-state index in [-0.39, 0.29) is 22.2 Å². The topological polar surface area (TPSA) is 48.5 Å². The molecular weight excluding hydrogens is 381 g/mol. The lowest BCUT2D eigenvalue weighted by molar-refractivity contribution is 0.321. The fraction of sp³-hybridized carbons (Fsp3) is 0.429. The fourth-order valence-corrected chi connectivity index (χ4v) is 3.89. The normalized spacial score (nSPS) is 11.6. The molecule has 0 saturated carbocycles. The maximum absolute atomic E-state index is 14.4. The third-order valence-electron chi connectivity index (χ3n) is 5.19. The highest BCUT2D eigenvalue weighted by molar-refractivity contribution is 6.33. The molecule has 0 saturated heterocycles. The number of aryl methyl sites for hydroxylation is 1. The number of aromatic nitrogens is 3. The largest absolute Gasteiger partial charge is 0.491 e. The minimum Gasteiger partial charge on any atom is -0.491 e. The zero-order chi connectivity index (χ0) is 20.6. The molecule has 2 aromatic heterocycles. The van der Waals surface area contributed by atoms with Crippen molar-refractivity contribution >= 4 is 17.1 Å². The Kier molecular flexibility index (Phi) is 5.79. The summed E-state index contributed by atoms with van der Waals surface area (Å²) in [5, 5.41) is 4.92. The molecule has 0 radical (unpaired) electrons. The van der Waals surface area contributed by atoms with Crippen molar-refractivity contribution in [2.45, 2.75) is 46.5 Å². The van der Waals surface area contributed by atoms with Gasteiger partial charge < -0.3 is 4.74 Å². The van der Waals surface area contributed by atoms with E-state index in [4.69, 9.17) is 16.3 Å². The summed E-state index contributed by atoms with van der Waals surface area (Å²) in [6.07, 6.45) is 1.88. The van der Waals surface area contributed by atoms with Crippen LogP contribution in [0.3, 0.4) is 0 Å². The third kappa shape index (κ3) is 3.30. The van der Waals surface area contributed by atoms with Gasteiger partial charge in [-0.25, -0.2) is 8.91 Å². The van der Waals surface area contributed by atoms with Gasteiger partial charge in [0, 0.05) is 24.4 Å². The Morgan fingerprint density at radius 3 is 2.50 bits per heavy atom. The first-order valence-electron chi connectivity index (χ1n) is 9.55. The van der Waals surface area contributed by atoms with Gasteiger partial charge in [0.15, 0.2) is 17.4 Å². The van der Waals surface area contributed by atoms with Gasteiger partial charge in [0.25, 0.3) is 5.56 Å². The minimum atomic E-state index is -0.544. The predicted octanol–water partition coefficient (Wildman–Crippen LogP) is 5.10. The second kappa shape index (κ2) is 7.95. The molecule has 0 spiro atoms. The zero-order valence-electron chi connectivity index (χ0n) is 16.8. The van der Waals surface area contributed by atoms with E-state index in [9.17, 15) is 9.18 Å². The van der Waals surface area contributed by atoms with Crippen LogP contribution in [0.1, 0.15) is 50.8 Å². The van der Waals surface area contributed by atoms with Crippen LogP contribution in [0, 0.1) is 12.7 Å². The summed E-state index contributed by atoms with van der Waals surface area (Å²) >= 11 is 6.38. The van der Waals surface area contributed by atoms with Crippen LogP contribution in [0.5, 0.6) is 5.75 Å². The third-order valence-corrected chi connectivity index (χ3v) is 5.50. The summed E-state index contributed by atoms with van der Waals surface area (Å²) in [6, 6.07) is 4.71. The molecular formula is C21H25ClFN3O2. The molecule has 28 heavy (non-hydrogen) atoms. The van der Waals surface area contributed by atoms with Crippen molar-refractivity contribution in [1.29, 1.82) is 0 Å². The molecule has 0 N–H and O–H groups in total. The van der Waals surface area contributed by atoms with Crippen LogP contribution in [0.2, 0.25) is 5.02 Å². The number of halogens is 2. The van der Waals surface area contributed by atoms with Gasteiger partial charge in [0.2, 0.25) is 0 Å². The fourth-order valence-electron chi connectivity index (χ4n) is 3.65. The lowest BCUT2D eigenvalue weighted by atomic mass is 9.95. The molecule has 1 aromatic carbocycles. The van der Waals surface area contributed by atoms with Gasteiger partial charge >= 0.3 is 0 Å². The van der Waals surface area contributed by atoms with Crippen molar-refractivity contribution in [1.82, 2.24) is 14.2 Å². The van der Waals surface area contributed by atoms with Gasteiger partial charge in [-0.15, -0.1) is 5.10 Å². The Hall–Kier alpha value is -2.34. The van der Waals surface area contributed by atoms with Gasteiger partial charge in [-0.1, -0.05) is 25.4 Å². The molecule has 0 atom stereocenters. The lowest BCUT2D eigenvalue weighted by Crippen LogP contribution is -2.24. The van der Waals surface area contributed by atoms with Gasteiger partial charge in [0.05, 0.1) is 11.6 Å². The molecule has 0 aliphatic heterocycles. The summed E-state index contributed by atoms with van der Waals surface area (Å²) in [5.74, 6) is 0.128. The first-order valence-corrected chi connectivity index (χ1v) is 9.93. The second-order valence-corrected chi connectivity index (χ2v) is 7.31. The Bertz CT molecular complexity index is 1080. The van der Waals surface area contributed by atoms with E-state index >= 15 is 0 Å². The number of hydrogen-bond acceptors (Lipinski definition) is 3. The summed E-state index contributed by atoms with van der Waals surface area (Å²) in [5.41, 5.74) is 2.61. The van der Waals surface area contributed by atoms with Gasteiger partial charge in [-0.2, -0.15) is 0 Å². The molecule has 0 bridgehead atoms. The van der Waals surface area contributed by atoms with E-state index in [0.717, 1.165) is 24.1 Å². The van der Waals surface area contributed by atoms with E-state index < -0.39 is 5.82 Å². The smallest absolute Gasteiger partial charge is 0.278 e. The molecule has 150 valence electrons. The second-order valence-electron chi connectivity index (χ2n) is 6.90. The molecule has 0 amide bonds. The average molecular weight is 406 g/mol. The summed E-state index contributed by atoms with van der Waals surface area (Å²) in [6.45, 7) is 8.24. The first kappa shape index (κ1) is 20.4. The molecule has 3 rings (SSSR count). The molecule has 5 nitrogen and oxygen atoms in total. The standard InChI is InChI=1S/C21H25ClFN3O2/c1-6-13(7-2)14-9-12(4)26-19(14)21(27)25(5)20(24-26)15-10-17(23)18(28-8-3)11-16(15)22/h9-11,13H,6-8H2,1-5H3. The summed E-state index contributed by atoms with van der Waals surface area (Å²) < 4.78 is 22.8. The highest BCUT2D eigenvalue weighted by Crippen LogP contribution is 2.33. The van der Waals surface area contributed by atoms with E-state index in [0.29, 0.717) is 23.5 Å². The van der Waals surface area contributed by atoms with Gasteiger partial charge in [-0.05, 0) is 50.3 Å². The van der Waals surface area contributed by atoms with Crippen molar-refractivity contribution in [3.05, 3.63) is 50.7 Å². The van der Waals surface area contributed by atoms with Crippen LogP contribution in [0.4, 0.5) is 4.39 Å². The summed E-state index contributed by atoms with van der Waals surface area (Å²) in [4.78, 5) is 13.2. The van der Waals surface area contributed by atoms with Crippen molar-refractivity contribution in [2.75, 3.05) is 6.61 Å². The van der Waals surface area contributed by atoms with E-state index in [2.05, 4.69) is 18.9 Å². The Morgan fingerprint density at radius 2 is 1.89 bits per heavy atom. The molecule has 0 unspecified atom stereocenters. The Morgan fingerprint density at radius 1 is 1.21 bits per heavy atom. The number of hydrogen-bond donors (Lipinski definition) is 0.